The molecular weight excluding hydrogens is 260 g/mol. The minimum atomic E-state index is 0.376. The van der Waals surface area contributed by atoms with Crippen molar-refractivity contribution in [2.75, 3.05) is 13.1 Å². The summed E-state index contributed by atoms with van der Waals surface area (Å²) in [6.07, 6.45) is 4.01. The van der Waals surface area contributed by atoms with Gasteiger partial charge in [0.2, 0.25) is 0 Å². The molecule has 3 heteroatoms. The molecule has 3 atom stereocenters. The summed E-state index contributed by atoms with van der Waals surface area (Å²) in [6, 6.07) is 9.00. The van der Waals surface area contributed by atoms with Crippen molar-refractivity contribution >= 4 is 0 Å². The predicted octanol–water partition coefficient (Wildman–Crippen LogP) is 2.99. The fourth-order valence-electron chi connectivity index (χ4n) is 3.57. The number of benzene rings is 1. The van der Waals surface area contributed by atoms with Gasteiger partial charge >= 0.3 is 0 Å². The van der Waals surface area contributed by atoms with Crippen LogP contribution in [0.25, 0.3) is 0 Å². The zero-order valence-electron chi connectivity index (χ0n) is 13.3. The number of phenols is 1. The molecule has 3 nitrogen and oxygen atoms in total. The van der Waals surface area contributed by atoms with Crippen molar-refractivity contribution in [2.24, 2.45) is 11.8 Å². The highest BCUT2D eigenvalue weighted by Crippen LogP contribution is 2.35. The van der Waals surface area contributed by atoms with E-state index >= 15 is 0 Å². The first-order valence-corrected chi connectivity index (χ1v) is 8.42. The summed E-state index contributed by atoms with van der Waals surface area (Å²) < 4.78 is 0. The zero-order chi connectivity index (χ0) is 14.8. The van der Waals surface area contributed by atoms with Crippen molar-refractivity contribution in [3.63, 3.8) is 0 Å². The minimum absolute atomic E-state index is 0.376. The molecule has 1 saturated heterocycles. The number of piperazine rings is 1. The third kappa shape index (κ3) is 3.58. The monoisotopic (exact) mass is 288 g/mol. The number of aromatic hydroxyl groups is 1. The highest BCUT2D eigenvalue weighted by atomic mass is 16.3. The maximum atomic E-state index is 9.68. The van der Waals surface area contributed by atoms with Gasteiger partial charge in [-0.05, 0) is 42.4 Å². The van der Waals surface area contributed by atoms with E-state index in [4.69, 9.17) is 0 Å². The number of nitrogens with one attached hydrogen (secondary N) is 1. The Hall–Kier alpha value is -1.06. The molecule has 2 N–H and O–H groups in total. The van der Waals surface area contributed by atoms with Crippen LogP contribution in [0.3, 0.4) is 0 Å². The van der Waals surface area contributed by atoms with E-state index in [0.717, 1.165) is 25.6 Å². The van der Waals surface area contributed by atoms with Crippen LogP contribution in [0, 0.1) is 11.8 Å². The molecule has 0 spiro atoms. The summed E-state index contributed by atoms with van der Waals surface area (Å²) in [6.45, 7) is 7.85. The lowest BCUT2D eigenvalue weighted by molar-refractivity contribution is 0.0786. The summed E-state index contributed by atoms with van der Waals surface area (Å²) in [4.78, 5) is 2.64. The molecule has 3 rings (SSSR count). The molecule has 1 aromatic rings. The van der Waals surface area contributed by atoms with E-state index in [1.165, 1.54) is 24.8 Å². The molecular formula is C18H28N2O. The van der Waals surface area contributed by atoms with Gasteiger partial charge in [-0.1, -0.05) is 32.4 Å². The molecule has 1 heterocycles. The van der Waals surface area contributed by atoms with Gasteiger partial charge < -0.3 is 10.4 Å². The Bertz CT molecular complexity index is 472. The van der Waals surface area contributed by atoms with Crippen molar-refractivity contribution in [1.82, 2.24) is 10.2 Å². The molecule has 0 amide bonds. The van der Waals surface area contributed by atoms with Crippen molar-refractivity contribution in [1.29, 1.82) is 0 Å². The summed E-state index contributed by atoms with van der Waals surface area (Å²) in [5.41, 5.74) is 1.22. The minimum Gasteiger partial charge on any atom is -0.508 e. The largest absolute Gasteiger partial charge is 0.508 e. The summed E-state index contributed by atoms with van der Waals surface area (Å²) in [5.74, 6) is 1.98. The molecule has 0 radical (unpaired) electrons. The zero-order valence-corrected chi connectivity index (χ0v) is 13.3. The van der Waals surface area contributed by atoms with Crippen LogP contribution < -0.4 is 5.32 Å². The van der Waals surface area contributed by atoms with Crippen LogP contribution >= 0.6 is 0 Å². The maximum absolute atomic E-state index is 9.68. The fourth-order valence-corrected chi connectivity index (χ4v) is 3.57. The maximum Gasteiger partial charge on any atom is 0.115 e. The highest BCUT2D eigenvalue weighted by molar-refractivity contribution is 5.27. The number of hydrogen-bond acceptors (Lipinski definition) is 3. The molecule has 21 heavy (non-hydrogen) atoms. The van der Waals surface area contributed by atoms with Crippen LogP contribution in [-0.4, -0.2) is 35.2 Å². The molecule has 1 aromatic carbocycles. The standard InChI is InChI=1S/C18H28N2O/c1-3-13(2)18-10-19-17(15-7-8-15)12-20(18)11-14-5-4-6-16(21)9-14/h4-6,9,13,15,17-19,21H,3,7-8,10-12H2,1-2H3. The first kappa shape index (κ1) is 14.9. The lowest BCUT2D eigenvalue weighted by Gasteiger charge is -2.43. The Morgan fingerprint density at radius 1 is 1.38 bits per heavy atom. The van der Waals surface area contributed by atoms with Gasteiger partial charge in [-0.3, -0.25) is 4.90 Å². The fraction of sp³-hybridized carbons (Fsp3) is 0.667. The van der Waals surface area contributed by atoms with Gasteiger partial charge in [0, 0.05) is 31.7 Å². The van der Waals surface area contributed by atoms with Gasteiger partial charge in [-0.25, -0.2) is 0 Å². The van der Waals surface area contributed by atoms with E-state index in [1.807, 2.05) is 12.1 Å². The van der Waals surface area contributed by atoms with Crippen LogP contribution in [0.1, 0.15) is 38.7 Å². The van der Waals surface area contributed by atoms with Crippen LogP contribution in [0.15, 0.2) is 24.3 Å². The van der Waals surface area contributed by atoms with Crippen LogP contribution in [-0.2, 0) is 6.54 Å². The van der Waals surface area contributed by atoms with E-state index in [0.29, 0.717) is 23.8 Å². The van der Waals surface area contributed by atoms with Crippen LogP contribution in [0.4, 0.5) is 0 Å². The Morgan fingerprint density at radius 2 is 2.19 bits per heavy atom. The smallest absolute Gasteiger partial charge is 0.115 e. The summed E-state index contributed by atoms with van der Waals surface area (Å²) >= 11 is 0. The second kappa shape index (κ2) is 6.37. The average Bonchev–Trinajstić information content (AvgIpc) is 3.31. The van der Waals surface area contributed by atoms with Gasteiger partial charge in [-0.15, -0.1) is 0 Å². The van der Waals surface area contributed by atoms with Crippen LogP contribution in [0.2, 0.25) is 0 Å². The molecule has 1 aliphatic heterocycles. The summed E-state index contributed by atoms with van der Waals surface area (Å²) in [5, 5.41) is 13.5. The average molecular weight is 288 g/mol. The van der Waals surface area contributed by atoms with E-state index in [-0.39, 0.29) is 0 Å². The number of hydrogen-bond donors (Lipinski definition) is 2. The van der Waals surface area contributed by atoms with Gasteiger partial charge in [0.15, 0.2) is 0 Å². The Morgan fingerprint density at radius 3 is 2.86 bits per heavy atom. The van der Waals surface area contributed by atoms with Crippen LogP contribution in [0.5, 0.6) is 5.75 Å². The number of phenolic OH excluding ortho intramolecular Hbond substituents is 1. The number of rotatable bonds is 5. The van der Waals surface area contributed by atoms with E-state index in [2.05, 4.69) is 30.1 Å². The lowest BCUT2D eigenvalue weighted by Crippen LogP contribution is -2.58. The molecule has 2 aliphatic rings. The van der Waals surface area contributed by atoms with Crippen molar-refractivity contribution < 1.29 is 5.11 Å². The predicted molar refractivity (Wildman–Crippen MR) is 86.3 cm³/mol. The molecule has 0 aromatic heterocycles. The molecule has 2 fully saturated rings. The third-order valence-corrected chi connectivity index (χ3v) is 5.28. The van der Waals surface area contributed by atoms with Gasteiger partial charge in [-0.2, -0.15) is 0 Å². The SMILES string of the molecule is CCC(C)C1CNC(C2CC2)CN1Cc1cccc(O)c1. The normalized spacial score (nSPS) is 28.5. The van der Waals surface area contributed by atoms with Crippen molar-refractivity contribution in [3.05, 3.63) is 29.8 Å². The highest BCUT2D eigenvalue weighted by Gasteiger charge is 2.38. The quantitative estimate of drug-likeness (QED) is 0.874. The first-order chi connectivity index (χ1) is 10.2. The molecule has 3 unspecified atom stereocenters. The lowest BCUT2D eigenvalue weighted by atomic mass is 9.93. The Balaban J connectivity index is 1.72. The molecule has 1 aliphatic carbocycles. The van der Waals surface area contributed by atoms with Gasteiger partial charge in [0.1, 0.15) is 5.75 Å². The van der Waals surface area contributed by atoms with Crippen molar-refractivity contribution in [2.45, 2.75) is 51.7 Å². The van der Waals surface area contributed by atoms with Gasteiger partial charge in [0.05, 0.1) is 0 Å². The van der Waals surface area contributed by atoms with Gasteiger partial charge in [0.25, 0.3) is 0 Å². The van der Waals surface area contributed by atoms with E-state index in [9.17, 15) is 5.11 Å². The second-order valence-electron chi connectivity index (χ2n) is 6.90. The Kier molecular flexibility index (Phi) is 4.51. The molecule has 116 valence electrons. The van der Waals surface area contributed by atoms with E-state index in [1.54, 1.807) is 6.07 Å². The Labute approximate surface area is 128 Å². The van der Waals surface area contributed by atoms with E-state index < -0.39 is 0 Å². The summed E-state index contributed by atoms with van der Waals surface area (Å²) in [7, 11) is 0. The topological polar surface area (TPSA) is 35.5 Å². The molecule has 1 saturated carbocycles. The first-order valence-electron chi connectivity index (χ1n) is 8.42. The van der Waals surface area contributed by atoms with Crippen molar-refractivity contribution in [3.8, 4) is 5.75 Å². The number of nitrogens with zero attached hydrogens (tertiary/aromatic N) is 1. The third-order valence-electron chi connectivity index (χ3n) is 5.28. The second-order valence-corrected chi connectivity index (χ2v) is 6.90. The molecule has 0 bridgehead atoms.